The standard InChI is InChI=1S/C17H24N2O2/c1-12-5-2-7-14(16(12)20)17(21)19-10-4-8-15(19)13-6-3-9-18-11-13/h2,5,7,13,15,18,20H,3-4,6,8-11H2,1H3. The van der Waals surface area contributed by atoms with Crippen molar-refractivity contribution >= 4 is 5.91 Å². The molecule has 3 rings (SSSR count). The van der Waals surface area contributed by atoms with Crippen LogP contribution in [-0.2, 0) is 0 Å². The molecule has 4 nitrogen and oxygen atoms in total. The number of rotatable bonds is 2. The molecule has 2 saturated heterocycles. The maximum atomic E-state index is 12.8. The summed E-state index contributed by atoms with van der Waals surface area (Å²) in [7, 11) is 0. The number of hydrogen-bond acceptors (Lipinski definition) is 3. The van der Waals surface area contributed by atoms with Crippen molar-refractivity contribution in [3.63, 3.8) is 0 Å². The third-order valence-corrected chi connectivity index (χ3v) is 4.91. The van der Waals surface area contributed by atoms with Crippen LogP contribution in [0, 0.1) is 12.8 Å². The second kappa shape index (κ2) is 6.06. The van der Waals surface area contributed by atoms with Crippen LogP contribution in [0.4, 0.5) is 0 Å². The highest BCUT2D eigenvalue weighted by Crippen LogP contribution is 2.31. The summed E-state index contributed by atoms with van der Waals surface area (Å²) in [5.74, 6) is 0.677. The molecule has 1 amide bonds. The van der Waals surface area contributed by atoms with Gasteiger partial charge in [-0.1, -0.05) is 12.1 Å². The van der Waals surface area contributed by atoms with Gasteiger partial charge in [-0.3, -0.25) is 4.79 Å². The van der Waals surface area contributed by atoms with Gasteiger partial charge in [-0.25, -0.2) is 0 Å². The third-order valence-electron chi connectivity index (χ3n) is 4.91. The number of nitrogens with one attached hydrogen (secondary N) is 1. The van der Waals surface area contributed by atoms with Gasteiger partial charge in [0, 0.05) is 12.6 Å². The van der Waals surface area contributed by atoms with Crippen LogP contribution in [0.3, 0.4) is 0 Å². The van der Waals surface area contributed by atoms with Gasteiger partial charge in [-0.2, -0.15) is 0 Å². The highest BCUT2D eigenvalue weighted by molar-refractivity contribution is 5.97. The Labute approximate surface area is 126 Å². The number of carbonyl (C=O) groups excluding carboxylic acids is 1. The molecule has 1 aromatic rings. The monoisotopic (exact) mass is 288 g/mol. The Morgan fingerprint density at radius 2 is 2.19 bits per heavy atom. The molecule has 114 valence electrons. The quantitative estimate of drug-likeness (QED) is 0.878. The molecule has 1 aromatic carbocycles. The minimum atomic E-state index is -0.00993. The van der Waals surface area contributed by atoms with E-state index in [1.54, 1.807) is 6.07 Å². The Bertz CT molecular complexity index is 524. The molecule has 2 N–H and O–H groups in total. The lowest BCUT2D eigenvalue weighted by atomic mass is 9.90. The van der Waals surface area contributed by atoms with Crippen LogP contribution in [0.25, 0.3) is 0 Å². The minimum Gasteiger partial charge on any atom is -0.507 e. The molecular weight excluding hydrogens is 264 g/mol. The number of likely N-dealkylation sites (tertiary alicyclic amines) is 1. The summed E-state index contributed by atoms with van der Waals surface area (Å²) in [5.41, 5.74) is 1.21. The fourth-order valence-electron chi connectivity index (χ4n) is 3.73. The molecule has 21 heavy (non-hydrogen) atoms. The van der Waals surface area contributed by atoms with Crippen molar-refractivity contribution in [2.45, 2.75) is 38.6 Å². The van der Waals surface area contributed by atoms with Crippen LogP contribution >= 0.6 is 0 Å². The van der Waals surface area contributed by atoms with E-state index in [0.717, 1.165) is 38.0 Å². The van der Waals surface area contributed by atoms with Crippen LogP contribution in [0.1, 0.15) is 41.6 Å². The van der Waals surface area contributed by atoms with E-state index in [-0.39, 0.29) is 11.7 Å². The van der Waals surface area contributed by atoms with Gasteiger partial charge in [-0.15, -0.1) is 0 Å². The zero-order valence-electron chi connectivity index (χ0n) is 12.6. The molecule has 2 fully saturated rings. The number of phenolic OH excluding ortho intramolecular Hbond substituents is 1. The number of benzene rings is 1. The highest BCUT2D eigenvalue weighted by Gasteiger charge is 2.36. The Morgan fingerprint density at radius 1 is 1.33 bits per heavy atom. The number of carbonyl (C=O) groups is 1. The molecule has 0 saturated carbocycles. The summed E-state index contributed by atoms with van der Waals surface area (Å²) in [6.07, 6.45) is 4.55. The van der Waals surface area contributed by atoms with E-state index in [2.05, 4.69) is 5.32 Å². The van der Waals surface area contributed by atoms with E-state index in [0.29, 0.717) is 17.5 Å². The first-order chi connectivity index (χ1) is 10.2. The highest BCUT2D eigenvalue weighted by atomic mass is 16.3. The molecule has 2 aliphatic rings. The molecule has 0 spiro atoms. The summed E-state index contributed by atoms with van der Waals surface area (Å²) in [4.78, 5) is 14.8. The van der Waals surface area contributed by atoms with E-state index in [1.165, 1.54) is 12.8 Å². The molecule has 2 heterocycles. The first kappa shape index (κ1) is 14.4. The van der Waals surface area contributed by atoms with Gasteiger partial charge in [0.25, 0.3) is 5.91 Å². The molecular formula is C17H24N2O2. The number of piperidine rings is 1. The van der Waals surface area contributed by atoms with Crippen molar-refractivity contribution in [3.05, 3.63) is 29.3 Å². The summed E-state index contributed by atoms with van der Waals surface area (Å²) in [5, 5.41) is 13.6. The number of amides is 1. The number of aryl methyl sites for hydroxylation is 1. The Balaban J connectivity index is 1.81. The van der Waals surface area contributed by atoms with Gasteiger partial charge >= 0.3 is 0 Å². The molecule has 0 bridgehead atoms. The Morgan fingerprint density at radius 3 is 2.95 bits per heavy atom. The lowest BCUT2D eigenvalue weighted by molar-refractivity contribution is 0.0667. The number of phenols is 1. The lowest BCUT2D eigenvalue weighted by Gasteiger charge is -2.34. The smallest absolute Gasteiger partial charge is 0.257 e. The molecule has 0 aliphatic carbocycles. The Kier molecular flexibility index (Phi) is 4.15. The van der Waals surface area contributed by atoms with E-state index in [1.807, 2.05) is 24.0 Å². The van der Waals surface area contributed by atoms with Crippen molar-refractivity contribution < 1.29 is 9.90 Å². The summed E-state index contributed by atoms with van der Waals surface area (Å²) in [6.45, 7) is 4.75. The van der Waals surface area contributed by atoms with E-state index in [9.17, 15) is 9.90 Å². The molecule has 0 radical (unpaired) electrons. The van der Waals surface area contributed by atoms with Gasteiger partial charge in [0.1, 0.15) is 5.75 Å². The van der Waals surface area contributed by atoms with Crippen molar-refractivity contribution in [1.82, 2.24) is 10.2 Å². The number of nitrogens with zero attached hydrogens (tertiary/aromatic N) is 1. The summed E-state index contributed by atoms with van der Waals surface area (Å²) >= 11 is 0. The Hall–Kier alpha value is -1.55. The SMILES string of the molecule is Cc1cccc(C(=O)N2CCCC2C2CCCNC2)c1O. The summed E-state index contributed by atoms with van der Waals surface area (Å²) < 4.78 is 0. The average molecular weight is 288 g/mol. The predicted octanol–water partition coefficient (Wildman–Crippen LogP) is 2.30. The van der Waals surface area contributed by atoms with Crippen LogP contribution in [0.5, 0.6) is 5.75 Å². The zero-order valence-corrected chi connectivity index (χ0v) is 12.6. The van der Waals surface area contributed by atoms with Crippen molar-refractivity contribution in [1.29, 1.82) is 0 Å². The van der Waals surface area contributed by atoms with Gasteiger partial charge in [0.2, 0.25) is 0 Å². The van der Waals surface area contributed by atoms with Gasteiger partial charge < -0.3 is 15.3 Å². The van der Waals surface area contributed by atoms with E-state index in [4.69, 9.17) is 0 Å². The first-order valence-corrected chi connectivity index (χ1v) is 7.98. The van der Waals surface area contributed by atoms with Crippen molar-refractivity contribution in [2.24, 2.45) is 5.92 Å². The molecule has 2 unspecified atom stereocenters. The molecule has 2 aliphatic heterocycles. The van der Waals surface area contributed by atoms with Crippen LogP contribution in [0.15, 0.2) is 18.2 Å². The van der Waals surface area contributed by atoms with Crippen molar-refractivity contribution in [2.75, 3.05) is 19.6 Å². The summed E-state index contributed by atoms with van der Waals surface area (Å²) in [6, 6.07) is 5.73. The average Bonchev–Trinajstić information content (AvgIpc) is 3.00. The number of para-hydroxylation sites is 1. The fourth-order valence-corrected chi connectivity index (χ4v) is 3.73. The largest absolute Gasteiger partial charge is 0.507 e. The lowest BCUT2D eigenvalue weighted by Crippen LogP contribution is -2.45. The van der Waals surface area contributed by atoms with Crippen LogP contribution < -0.4 is 5.32 Å². The van der Waals surface area contributed by atoms with Gasteiger partial charge in [-0.05, 0) is 63.2 Å². The second-order valence-corrected chi connectivity index (χ2v) is 6.29. The number of aromatic hydroxyl groups is 1. The second-order valence-electron chi connectivity index (χ2n) is 6.29. The van der Waals surface area contributed by atoms with Crippen LogP contribution in [0.2, 0.25) is 0 Å². The van der Waals surface area contributed by atoms with Gasteiger partial charge in [0.15, 0.2) is 0 Å². The van der Waals surface area contributed by atoms with E-state index < -0.39 is 0 Å². The molecule has 0 aromatic heterocycles. The fraction of sp³-hybridized carbons (Fsp3) is 0.588. The maximum Gasteiger partial charge on any atom is 0.257 e. The third kappa shape index (κ3) is 2.77. The normalized spacial score (nSPS) is 26.0. The zero-order chi connectivity index (χ0) is 14.8. The molecule has 2 atom stereocenters. The minimum absolute atomic E-state index is 0.00993. The van der Waals surface area contributed by atoms with Gasteiger partial charge in [0.05, 0.1) is 5.56 Å². The van der Waals surface area contributed by atoms with Crippen LogP contribution in [-0.4, -0.2) is 41.6 Å². The first-order valence-electron chi connectivity index (χ1n) is 7.98. The molecule has 4 heteroatoms. The maximum absolute atomic E-state index is 12.8. The number of hydrogen-bond donors (Lipinski definition) is 2. The topological polar surface area (TPSA) is 52.6 Å². The van der Waals surface area contributed by atoms with Crippen molar-refractivity contribution in [3.8, 4) is 5.75 Å². The predicted molar refractivity (Wildman–Crippen MR) is 82.5 cm³/mol. The van der Waals surface area contributed by atoms with E-state index >= 15 is 0 Å².